The van der Waals surface area contributed by atoms with Gasteiger partial charge in [-0.05, 0) is 56.2 Å². The molecule has 5 heteroatoms. The van der Waals surface area contributed by atoms with Crippen LogP contribution in [0.1, 0.15) is 50.5 Å². The van der Waals surface area contributed by atoms with E-state index in [1.165, 1.54) is 4.90 Å². The van der Waals surface area contributed by atoms with Crippen LogP contribution in [0.5, 0.6) is 0 Å². The van der Waals surface area contributed by atoms with Crippen molar-refractivity contribution in [2.75, 3.05) is 4.90 Å². The second-order valence-electron chi connectivity index (χ2n) is 6.85. The Morgan fingerprint density at radius 3 is 2.17 bits per heavy atom. The molecule has 0 saturated carbocycles. The summed E-state index contributed by atoms with van der Waals surface area (Å²) in [4.78, 5) is 38.6. The van der Waals surface area contributed by atoms with Gasteiger partial charge in [0.1, 0.15) is 0 Å². The molecule has 0 aliphatic carbocycles. The highest BCUT2D eigenvalue weighted by Crippen LogP contribution is 2.32. The maximum Gasteiger partial charge on any atom is 0.266 e. The summed E-state index contributed by atoms with van der Waals surface area (Å²) < 4.78 is 0. The molecule has 0 unspecified atom stereocenters. The normalized spacial score (nSPS) is 18.2. The lowest BCUT2D eigenvalue weighted by Crippen LogP contribution is -2.49. The molecule has 2 aromatic carbocycles. The molecule has 0 fully saturated rings. The van der Waals surface area contributed by atoms with Crippen LogP contribution in [0.2, 0.25) is 0 Å². The van der Waals surface area contributed by atoms with Gasteiger partial charge in [0.2, 0.25) is 0 Å². The van der Waals surface area contributed by atoms with Crippen molar-refractivity contribution in [2.24, 2.45) is 0 Å². The van der Waals surface area contributed by atoms with Gasteiger partial charge >= 0.3 is 0 Å². The second kappa shape index (κ2) is 4.77. The third-order valence-corrected chi connectivity index (χ3v) is 4.47. The predicted octanol–water partition coefficient (Wildman–Crippen LogP) is 2.55. The van der Waals surface area contributed by atoms with Crippen LogP contribution in [-0.2, 0) is 6.42 Å². The van der Waals surface area contributed by atoms with Crippen LogP contribution in [0.15, 0.2) is 42.5 Å². The molecule has 0 atom stereocenters. The second-order valence-corrected chi connectivity index (χ2v) is 6.85. The van der Waals surface area contributed by atoms with E-state index < -0.39 is 0 Å². The van der Waals surface area contributed by atoms with Gasteiger partial charge in [-0.15, -0.1) is 0 Å². The van der Waals surface area contributed by atoms with E-state index in [0.29, 0.717) is 28.8 Å². The van der Waals surface area contributed by atoms with E-state index in [1.807, 2.05) is 13.8 Å². The van der Waals surface area contributed by atoms with Crippen LogP contribution in [0.3, 0.4) is 0 Å². The lowest BCUT2D eigenvalue weighted by atomic mass is 9.87. The van der Waals surface area contributed by atoms with E-state index in [4.69, 9.17) is 0 Å². The first-order valence-electron chi connectivity index (χ1n) is 7.81. The van der Waals surface area contributed by atoms with Crippen molar-refractivity contribution in [3.63, 3.8) is 0 Å². The van der Waals surface area contributed by atoms with Gasteiger partial charge in [0.25, 0.3) is 17.7 Å². The van der Waals surface area contributed by atoms with Crippen molar-refractivity contribution in [1.82, 2.24) is 5.32 Å². The molecule has 2 aliphatic heterocycles. The topological polar surface area (TPSA) is 66.5 Å². The molecule has 0 spiro atoms. The monoisotopic (exact) mass is 320 g/mol. The molecule has 4 rings (SSSR count). The highest BCUT2D eigenvalue weighted by atomic mass is 16.2. The number of imide groups is 1. The summed E-state index contributed by atoms with van der Waals surface area (Å²) >= 11 is 0. The number of anilines is 1. The molecule has 2 heterocycles. The Hall–Kier alpha value is -2.95. The van der Waals surface area contributed by atoms with Gasteiger partial charge < -0.3 is 5.32 Å². The van der Waals surface area contributed by atoms with Gasteiger partial charge in [-0.3, -0.25) is 14.4 Å². The molecule has 0 bridgehead atoms. The lowest BCUT2D eigenvalue weighted by molar-refractivity contribution is 0.0894. The Morgan fingerprint density at radius 1 is 0.917 bits per heavy atom. The molecule has 2 aromatic rings. The molecule has 0 saturated heterocycles. The number of amides is 3. The summed E-state index contributed by atoms with van der Waals surface area (Å²) in [5.41, 5.74) is 2.42. The largest absolute Gasteiger partial charge is 0.347 e. The lowest BCUT2D eigenvalue weighted by Gasteiger charge is -2.32. The predicted molar refractivity (Wildman–Crippen MR) is 89.3 cm³/mol. The zero-order valence-corrected chi connectivity index (χ0v) is 13.4. The highest BCUT2D eigenvalue weighted by molar-refractivity contribution is 6.34. The van der Waals surface area contributed by atoms with Gasteiger partial charge in [0.05, 0.1) is 16.8 Å². The summed E-state index contributed by atoms with van der Waals surface area (Å²) in [5.74, 6) is -0.777. The Balaban J connectivity index is 1.79. The number of rotatable bonds is 1. The molecule has 0 aromatic heterocycles. The Morgan fingerprint density at radius 2 is 1.54 bits per heavy atom. The van der Waals surface area contributed by atoms with Gasteiger partial charge in [0.15, 0.2) is 0 Å². The van der Waals surface area contributed by atoms with Gasteiger partial charge in [-0.1, -0.05) is 12.1 Å². The fourth-order valence-electron chi connectivity index (χ4n) is 3.41. The Labute approximate surface area is 139 Å². The zero-order valence-electron chi connectivity index (χ0n) is 13.4. The SMILES string of the molecule is CC1(C)Cc2cc(N3C(=O)c4ccccc4C3=O)ccc2C(=O)N1. The number of fused-ring (bicyclic) bond motifs is 2. The quantitative estimate of drug-likeness (QED) is 0.821. The molecule has 5 nitrogen and oxygen atoms in total. The first-order chi connectivity index (χ1) is 11.4. The smallest absolute Gasteiger partial charge is 0.266 e. The Kier molecular flexibility index (Phi) is 2.91. The molecule has 3 amide bonds. The number of nitrogens with zero attached hydrogens (tertiary/aromatic N) is 1. The van der Waals surface area contributed by atoms with Crippen molar-refractivity contribution in [3.8, 4) is 0 Å². The van der Waals surface area contributed by atoms with Crippen molar-refractivity contribution in [1.29, 1.82) is 0 Å². The van der Waals surface area contributed by atoms with E-state index in [-0.39, 0.29) is 23.3 Å². The Bertz CT molecular complexity index is 880. The summed E-state index contributed by atoms with van der Waals surface area (Å²) in [7, 11) is 0. The first kappa shape index (κ1) is 14.6. The fourth-order valence-corrected chi connectivity index (χ4v) is 3.41. The van der Waals surface area contributed by atoms with Crippen LogP contribution < -0.4 is 10.2 Å². The molecular weight excluding hydrogens is 304 g/mol. The maximum absolute atomic E-state index is 12.6. The van der Waals surface area contributed by atoms with Crippen molar-refractivity contribution >= 4 is 23.4 Å². The maximum atomic E-state index is 12.6. The van der Waals surface area contributed by atoms with Crippen LogP contribution in [-0.4, -0.2) is 23.3 Å². The fraction of sp³-hybridized carbons (Fsp3) is 0.211. The number of benzene rings is 2. The van der Waals surface area contributed by atoms with Crippen LogP contribution in [0.4, 0.5) is 5.69 Å². The van der Waals surface area contributed by atoms with E-state index >= 15 is 0 Å². The number of carbonyl (C=O) groups excluding carboxylic acids is 3. The molecule has 2 aliphatic rings. The van der Waals surface area contributed by atoms with E-state index in [0.717, 1.165) is 5.56 Å². The minimum absolute atomic E-state index is 0.129. The van der Waals surface area contributed by atoms with E-state index in [9.17, 15) is 14.4 Å². The summed E-state index contributed by atoms with van der Waals surface area (Å²) in [5, 5.41) is 2.95. The van der Waals surface area contributed by atoms with Crippen molar-refractivity contribution < 1.29 is 14.4 Å². The first-order valence-corrected chi connectivity index (χ1v) is 7.81. The standard InChI is InChI=1S/C19H16N2O3/c1-19(2)10-11-9-12(7-8-13(11)16(22)20-19)21-17(23)14-5-3-4-6-15(14)18(21)24/h3-9H,10H2,1-2H3,(H,20,22). The van der Waals surface area contributed by atoms with Gasteiger partial charge in [-0.2, -0.15) is 0 Å². The van der Waals surface area contributed by atoms with Crippen LogP contribution >= 0.6 is 0 Å². The highest BCUT2D eigenvalue weighted by Gasteiger charge is 2.37. The van der Waals surface area contributed by atoms with E-state index in [1.54, 1.807) is 42.5 Å². The minimum atomic E-state index is -0.356. The molecule has 1 N–H and O–H groups in total. The summed E-state index contributed by atoms with van der Waals surface area (Å²) in [6.07, 6.45) is 0.644. The molecule has 24 heavy (non-hydrogen) atoms. The van der Waals surface area contributed by atoms with Crippen LogP contribution in [0.25, 0.3) is 0 Å². The zero-order chi connectivity index (χ0) is 17.1. The number of carbonyl (C=O) groups is 3. The minimum Gasteiger partial charge on any atom is -0.347 e. The average Bonchev–Trinajstić information content (AvgIpc) is 2.77. The summed E-state index contributed by atoms with van der Waals surface area (Å²) in [6, 6.07) is 11.9. The third kappa shape index (κ3) is 2.05. The molecular formula is C19H16N2O3. The van der Waals surface area contributed by atoms with Gasteiger partial charge in [-0.25, -0.2) is 4.90 Å². The molecule has 120 valence electrons. The average molecular weight is 320 g/mol. The number of hydrogen-bond donors (Lipinski definition) is 1. The van der Waals surface area contributed by atoms with Crippen molar-refractivity contribution in [2.45, 2.75) is 25.8 Å². The van der Waals surface area contributed by atoms with Gasteiger partial charge in [0, 0.05) is 11.1 Å². The molecule has 0 radical (unpaired) electrons. The number of hydrogen-bond acceptors (Lipinski definition) is 3. The van der Waals surface area contributed by atoms with Crippen molar-refractivity contribution in [3.05, 3.63) is 64.7 Å². The van der Waals surface area contributed by atoms with E-state index in [2.05, 4.69) is 5.32 Å². The number of nitrogens with one attached hydrogen (secondary N) is 1. The van der Waals surface area contributed by atoms with Crippen LogP contribution in [0, 0.1) is 0 Å². The third-order valence-electron chi connectivity index (χ3n) is 4.47. The summed E-state index contributed by atoms with van der Waals surface area (Å²) in [6.45, 7) is 3.89.